The van der Waals surface area contributed by atoms with Gasteiger partial charge in [0.15, 0.2) is 0 Å². The Balaban J connectivity index is 3.63. The molecule has 0 aliphatic rings. The second-order valence-electron chi connectivity index (χ2n) is 4.20. The third-order valence-corrected chi connectivity index (χ3v) is 2.50. The van der Waals surface area contributed by atoms with Gasteiger partial charge in [0, 0.05) is 12.8 Å². The number of nitrogens with two attached hydrogens (primary N) is 3. The number of hydrogen-bond donors (Lipinski definition) is 5. The van der Waals surface area contributed by atoms with Crippen LogP contribution in [-0.4, -0.2) is 35.4 Å². The number of unbranched alkanes of at least 4 members (excludes halogenated alkanes) is 1. The van der Waals surface area contributed by atoms with Crippen LogP contribution in [0.4, 0.5) is 0 Å². The molecule has 0 radical (unpaired) electrons. The molecule has 0 amide bonds. The molecule has 18 heavy (non-hydrogen) atoms. The molecule has 0 aliphatic heterocycles. The van der Waals surface area contributed by atoms with Gasteiger partial charge in [-0.1, -0.05) is 0 Å². The molecule has 1 atom stereocenters. The molecule has 0 aromatic heterocycles. The number of carbonyl (C=O) groups is 2. The summed E-state index contributed by atoms with van der Waals surface area (Å²) < 4.78 is 0. The van der Waals surface area contributed by atoms with Crippen LogP contribution < -0.4 is 22.2 Å². The summed E-state index contributed by atoms with van der Waals surface area (Å²) in [5, 5.41) is 8.44. The van der Waals surface area contributed by atoms with Crippen LogP contribution in [0.25, 0.3) is 0 Å². The second kappa shape index (κ2) is 9.41. The topological polar surface area (TPSA) is 146 Å². The van der Waals surface area contributed by atoms with Gasteiger partial charge in [0.2, 0.25) is 0 Å². The summed E-state index contributed by atoms with van der Waals surface area (Å²) in [5.74, 6) is -0.706. The van der Waals surface area contributed by atoms with E-state index >= 15 is 0 Å². The molecular formula is C11H23N4O3+. The van der Waals surface area contributed by atoms with Crippen LogP contribution in [0, 0.1) is 0 Å². The summed E-state index contributed by atoms with van der Waals surface area (Å²) >= 11 is 0. The predicted molar refractivity (Wildman–Crippen MR) is 67.5 cm³/mol. The first kappa shape index (κ1) is 16.4. The van der Waals surface area contributed by atoms with Crippen LogP contribution in [-0.2, 0) is 9.59 Å². The Kier molecular flexibility index (Phi) is 8.55. The van der Waals surface area contributed by atoms with E-state index in [0.717, 1.165) is 0 Å². The Bertz CT molecular complexity index is 301. The van der Waals surface area contributed by atoms with Crippen molar-refractivity contribution >= 4 is 17.7 Å². The molecule has 0 heterocycles. The Morgan fingerprint density at radius 2 is 1.72 bits per heavy atom. The van der Waals surface area contributed by atoms with Crippen molar-refractivity contribution in [3.8, 4) is 0 Å². The maximum atomic E-state index is 11.6. The monoisotopic (exact) mass is 259 g/mol. The fraction of sp³-hybridized carbons (Fsp3) is 0.727. The zero-order valence-electron chi connectivity index (χ0n) is 10.5. The highest BCUT2D eigenvalue weighted by molar-refractivity contribution is 5.83. The van der Waals surface area contributed by atoms with Gasteiger partial charge in [-0.05, 0) is 25.7 Å². The number of guanidine groups is 1. The lowest BCUT2D eigenvalue weighted by molar-refractivity contribution is -0.459. The summed E-state index contributed by atoms with van der Waals surface area (Å²) in [5.41, 5.74) is 16.1. The van der Waals surface area contributed by atoms with Gasteiger partial charge in [0.05, 0.1) is 12.6 Å². The van der Waals surface area contributed by atoms with Crippen LogP contribution in [0.3, 0.4) is 0 Å². The third kappa shape index (κ3) is 9.59. The minimum atomic E-state index is -0.839. The van der Waals surface area contributed by atoms with Crippen LogP contribution >= 0.6 is 0 Å². The first-order chi connectivity index (χ1) is 8.43. The van der Waals surface area contributed by atoms with Crippen LogP contribution in [0.15, 0.2) is 0 Å². The van der Waals surface area contributed by atoms with Gasteiger partial charge in [-0.25, -0.2) is 0 Å². The average molecular weight is 259 g/mol. The quantitative estimate of drug-likeness (QED) is 0.169. The molecule has 0 fully saturated rings. The number of rotatable bonds is 10. The lowest BCUT2D eigenvalue weighted by Gasteiger charge is -2.08. The molecule has 0 saturated heterocycles. The minimum absolute atomic E-state index is 0.0231. The van der Waals surface area contributed by atoms with E-state index in [1.54, 1.807) is 0 Å². The predicted octanol–water partition coefficient (Wildman–Crippen LogP) is -2.34. The van der Waals surface area contributed by atoms with E-state index in [4.69, 9.17) is 22.3 Å². The van der Waals surface area contributed by atoms with E-state index in [1.807, 2.05) is 0 Å². The maximum absolute atomic E-state index is 11.6. The number of carboxylic acids is 1. The molecule has 8 N–H and O–H groups in total. The van der Waals surface area contributed by atoms with Crippen molar-refractivity contribution in [3.63, 3.8) is 0 Å². The number of hydrogen-bond acceptors (Lipinski definition) is 3. The first-order valence-corrected chi connectivity index (χ1v) is 6.05. The zero-order chi connectivity index (χ0) is 14.0. The molecule has 7 nitrogen and oxygen atoms in total. The molecule has 0 aromatic carbocycles. The number of carboxylic acid groups (broad SMARTS) is 1. The fourth-order valence-corrected chi connectivity index (χ4v) is 1.48. The minimum Gasteiger partial charge on any atom is -0.481 e. The highest BCUT2D eigenvalue weighted by Gasteiger charge is 2.12. The number of Topliss-reactive ketones (excluding diaryl/α,β-unsaturated/α-hetero) is 1. The molecule has 0 bridgehead atoms. The lowest BCUT2D eigenvalue weighted by atomic mass is 10.0. The Morgan fingerprint density at radius 1 is 1.11 bits per heavy atom. The number of nitrogens with one attached hydrogen (secondary N) is 1. The van der Waals surface area contributed by atoms with Crippen LogP contribution in [0.2, 0.25) is 0 Å². The fourth-order valence-electron chi connectivity index (χ4n) is 1.48. The van der Waals surface area contributed by atoms with Gasteiger partial charge >= 0.3 is 11.9 Å². The molecular weight excluding hydrogens is 236 g/mol. The summed E-state index contributed by atoms with van der Waals surface area (Å²) in [4.78, 5) is 24.6. The molecule has 0 spiro atoms. The highest BCUT2D eigenvalue weighted by atomic mass is 16.4. The Labute approximate surface area is 106 Å². The van der Waals surface area contributed by atoms with E-state index in [2.05, 4.69) is 4.99 Å². The standard InChI is InChI=1S/C11H22N4O3/c12-8(4-3-7-15-11(13)14)9(16)5-1-2-6-10(17)18/h8H,1-7,12H2,(H,17,18)(H4,13,14,15)/p+1/t8-/m0/s1. The number of carbonyl (C=O) groups excluding carboxylic acids is 1. The van der Waals surface area contributed by atoms with Crippen LogP contribution in [0.5, 0.6) is 0 Å². The van der Waals surface area contributed by atoms with Crippen LogP contribution in [0.1, 0.15) is 38.5 Å². The molecule has 0 saturated carbocycles. The van der Waals surface area contributed by atoms with Gasteiger partial charge in [0.1, 0.15) is 5.78 Å². The third-order valence-electron chi connectivity index (χ3n) is 2.50. The van der Waals surface area contributed by atoms with E-state index < -0.39 is 12.0 Å². The van der Waals surface area contributed by atoms with Crippen molar-refractivity contribution in [2.45, 2.75) is 44.6 Å². The summed E-state index contributed by atoms with van der Waals surface area (Å²) in [6.07, 6.45) is 2.79. The van der Waals surface area contributed by atoms with E-state index in [0.29, 0.717) is 38.6 Å². The summed E-state index contributed by atoms with van der Waals surface area (Å²) in [6, 6.07) is -0.490. The lowest BCUT2D eigenvalue weighted by Crippen LogP contribution is -2.78. The SMILES string of the molecule is NC(N)=[NH+]CCC[C@H](N)C(=O)CCCCC(=O)O. The summed E-state index contributed by atoms with van der Waals surface area (Å²) in [6.45, 7) is 0.586. The van der Waals surface area contributed by atoms with Gasteiger partial charge in [-0.2, -0.15) is 0 Å². The van der Waals surface area contributed by atoms with E-state index in [-0.39, 0.29) is 18.2 Å². The highest BCUT2D eigenvalue weighted by Crippen LogP contribution is 2.04. The van der Waals surface area contributed by atoms with Crippen molar-refractivity contribution in [1.29, 1.82) is 0 Å². The molecule has 104 valence electrons. The van der Waals surface area contributed by atoms with Gasteiger partial charge in [-0.15, -0.1) is 0 Å². The molecule has 7 heteroatoms. The van der Waals surface area contributed by atoms with Gasteiger partial charge < -0.3 is 10.8 Å². The van der Waals surface area contributed by atoms with Gasteiger partial charge in [-0.3, -0.25) is 26.0 Å². The zero-order valence-corrected chi connectivity index (χ0v) is 10.5. The van der Waals surface area contributed by atoms with Crippen molar-refractivity contribution in [3.05, 3.63) is 0 Å². The van der Waals surface area contributed by atoms with Crippen molar-refractivity contribution in [1.82, 2.24) is 0 Å². The Hall–Kier alpha value is -1.63. The average Bonchev–Trinajstić information content (AvgIpc) is 2.29. The molecule has 0 rings (SSSR count). The number of ketones is 1. The van der Waals surface area contributed by atoms with Gasteiger partial charge in [0.25, 0.3) is 0 Å². The summed E-state index contributed by atoms with van der Waals surface area (Å²) in [7, 11) is 0. The van der Waals surface area contributed by atoms with Crippen molar-refractivity contribution < 1.29 is 19.7 Å². The normalized spacial score (nSPS) is 11.8. The van der Waals surface area contributed by atoms with E-state index in [1.165, 1.54) is 0 Å². The van der Waals surface area contributed by atoms with Crippen molar-refractivity contribution in [2.24, 2.45) is 17.2 Å². The Morgan fingerprint density at radius 3 is 2.28 bits per heavy atom. The smallest absolute Gasteiger partial charge is 0.338 e. The molecule has 0 aliphatic carbocycles. The second-order valence-corrected chi connectivity index (χ2v) is 4.20. The maximum Gasteiger partial charge on any atom is 0.338 e. The molecule has 0 aromatic rings. The van der Waals surface area contributed by atoms with E-state index in [9.17, 15) is 9.59 Å². The molecule has 0 unspecified atom stereocenters. The first-order valence-electron chi connectivity index (χ1n) is 6.05. The largest absolute Gasteiger partial charge is 0.481 e. The van der Waals surface area contributed by atoms with Crippen molar-refractivity contribution in [2.75, 3.05) is 6.54 Å². The number of aliphatic carboxylic acids is 1.